The Hall–Kier alpha value is -1.74. The average molecular weight is 418 g/mol. The van der Waals surface area contributed by atoms with Gasteiger partial charge < -0.3 is 5.32 Å². The van der Waals surface area contributed by atoms with Crippen LogP contribution in [0.3, 0.4) is 0 Å². The van der Waals surface area contributed by atoms with Gasteiger partial charge in [0.15, 0.2) is 0 Å². The lowest BCUT2D eigenvalue weighted by molar-refractivity contribution is -0.384. The summed E-state index contributed by atoms with van der Waals surface area (Å²) < 4.78 is 0.620. The van der Waals surface area contributed by atoms with E-state index in [2.05, 4.69) is 10.3 Å². The number of nitrogens with one attached hydrogen (secondary N) is 1. The van der Waals surface area contributed by atoms with Gasteiger partial charge in [-0.25, -0.2) is 4.98 Å². The highest BCUT2D eigenvalue weighted by atomic mass is 127. The van der Waals surface area contributed by atoms with E-state index in [1.807, 2.05) is 22.6 Å². The summed E-state index contributed by atoms with van der Waals surface area (Å²) in [5.41, 5.74) is 1.30. The highest BCUT2D eigenvalue weighted by molar-refractivity contribution is 14.1. The number of carbonyl (C=O) groups is 1. The molecule has 0 unspecified atom stereocenters. The van der Waals surface area contributed by atoms with Crippen molar-refractivity contribution in [3.8, 4) is 0 Å². The molecule has 1 N–H and O–H groups in total. The van der Waals surface area contributed by atoms with Gasteiger partial charge in [0.25, 0.3) is 11.6 Å². The number of hydrogen-bond acceptors (Lipinski definition) is 4. The van der Waals surface area contributed by atoms with Crippen molar-refractivity contribution in [2.24, 2.45) is 0 Å². The molecule has 2 rings (SSSR count). The highest BCUT2D eigenvalue weighted by Gasteiger charge is 2.16. The zero-order valence-electron chi connectivity index (χ0n) is 10.8. The second-order valence-corrected chi connectivity index (χ2v) is 5.73. The van der Waals surface area contributed by atoms with Crippen LogP contribution in [0.25, 0.3) is 0 Å². The minimum atomic E-state index is -0.541. The number of non-ortho nitro benzene ring substituents is 1. The Morgan fingerprint density at radius 1 is 1.43 bits per heavy atom. The molecule has 2 aromatic rings. The van der Waals surface area contributed by atoms with Crippen LogP contribution < -0.4 is 5.32 Å². The zero-order valence-corrected chi connectivity index (χ0v) is 13.7. The number of hydrogen-bond donors (Lipinski definition) is 1. The molecule has 0 atom stereocenters. The molecule has 0 bridgehead atoms. The first-order valence-corrected chi connectivity index (χ1v) is 7.21. The van der Waals surface area contributed by atoms with E-state index in [-0.39, 0.29) is 11.3 Å². The van der Waals surface area contributed by atoms with Gasteiger partial charge in [-0.05, 0) is 47.2 Å². The van der Waals surface area contributed by atoms with Gasteiger partial charge >= 0.3 is 0 Å². The number of nitrogens with zero attached hydrogens (tertiary/aromatic N) is 2. The van der Waals surface area contributed by atoms with Crippen LogP contribution in [-0.4, -0.2) is 15.8 Å². The molecule has 1 heterocycles. The van der Waals surface area contributed by atoms with Crippen molar-refractivity contribution in [2.45, 2.75) is 6.92 Å². The van der Waals surface area contributed by atoms with Crippen LogP contribution in [-0.2, 0) is 0 Å². The van der Waals surface area contributed by atoms with E-state index in [1.54, 1.807) is 13.0 Å². The third-order valence-corrected chi connectivity index (χ3v) is 4.01. The first kappa shape index (κ1) is 15.6. The van der Waals surface area contributed by atoms with E-state index in [1.165, 1.54) is 24.4 Å². The number of aromatic nitrogens is 1. The first-order valence-electron chi connectivity index (χ1n) is 5.76. The maximum absolute atomic E-state index is 12.2. The Balaban J connectivity index is 2.29. The Morgan fingerprint density at radius 2 is 2.14 bits per heavy atom. The van der Waals surface area contributed by atoms with Crippen LogP contribution >= 0.6 is 34.2 Å². The van der Waals surface area contributed by atoms with Crippen molar-refractivity contribution in [1.82, 2.24) is 4.98 Å². The van der Waals surface area contributed by atoms with Crippen LogP contribution in [0.2, 0.25) is 5.15 Å². The molecule has 21 heavy (non-hydrogen) atoms. The molecule has 108 valence electrons. The number of anilines is 1. The maximum Gasteiger partial charge on any atom is 0.270 e. The zero-order chi connectivity index (χ0) is 15.6. The van der Waals surface area contributed by atoms with Gasteiger partial charge in [0.1, 0.15) is 5.15 Å². The van der Waals surface area contributed by atoms with Gasteiger partial charge in [0.05, 0.1) is 22.4 Å². The molecule has 0 saturated heterocycles. The summed E-state index contributed by atoms with van der Waals surface area (Å²) in [4.78, 5) is 26.4. The maximum atomic E-state index is 12.2. The lowest BCUT2D eigenvalue weighted by Crippen LogP contribution is -2.14. The third-order valence-electron chi connectivity index (χ3n) is 2.68. The number of nitro groups is 1. The van der Waals surface area contributed by atoms with Crippen molar-refractivity contribution < 1.29 is 9.72 Å². The largest absolute Gasteiger partial charge is 0.321 e. The fourth-order valence-corrected chi connectivity index (χ4v) is 2.31. The van der Waals surface area contributed by atoms with Crippen LogP contribution in [0.1, 0.15) is 15.9 Å². The number of pyridine rings is 1. The third kappa shape index (κ3) is 3.67. The van der Waals surface area contributed by atoms with Crippen LogP contribution in [0.4, 0.5) is 11.4 Å². The molecule has 0 aliphatic carbocycles. The predicted octanol–water partition coefficient (Wildman–Crippen LogP) is 3.81. The predicted molar refractivity (Wildman–Crippen MR) is 87.8 cm³/mol. The van der Waals surface area contributed by atoms with Crippen LogP contribution in [0.15, 0.2) is 30.5 Å². The van der Waals surface area contributed by atoms with Gasteiger partial charge in [0, 0.05) is 15.7 Å². The summed E-state index contributed by atoms with van der Waals surface area (Å²) in [6, 6.07) is 5.80. The van der Waals surface area contributed by atoms with E-state index < -0.39 is 10.8 Å². The summed E-state index contributed by atoms with van der Waals surface area (Å²) in [6.07, 6.45) is 1.43. The molecule has 1 aromatic heterocycles. The second-order valence-electron chi connectivity index (χ2n) is 4.21. The van der Waals surface area contributed by atoms with E-state index in [0.29, 0.717) is 14.4 Å². The average Bonchev–Trinajstić information content (AvgIpc) is 2.43. The van der Waals surface area contributed by atoms with Crippen molar-refractivity contribution in [3.63, 3.8) is 0 Å². The summed E-state index contributed by atoms with van der Waals surface area (Å²) in [5.74, 6) is -0.438. The number of rotatable bonds is 3. The molecule has 0 aliphatic heterocycles. The lowest BCUT2D eigenvalue weighted by Gasteiger charge is -2.08. The number of halogens is 2. The summed E-state index contributed by atoms with van der Waals surface area (Å²) in [7, 11) is 0. The molecule has 0 radical (unpaired) electrons. The molecule has 1 amide bonds. The molecule has 0 aliphatic rings. The molecular formula is C13H9ClIN3O3. The molecule has 0 spiro atoms. The second kappa shape index (κ2) is 6.35. The summed E-state index contributed by atoms with van der Waals surface area (Å²) >= 11 is 7.77. The molecular weight excluding hydrogens is 409 g/mol. The van der Waals surface area contributed by atoms with Gasteiger partial charge in [-0.1, -0.05) is 11.6 Å². The molecule has 1 aromatic carbocycles. The number of carbonyl (C=O) groups excluding carboxylic acids is 1. The first-order chi connectivity index (χ1) is 9.88. The molecule has 6 nitrogen and oxygen atoms in total. The fourth-order valence-electron chi connectivity index (χ4n) is 1.63. The van der Waals surface area contributed by atoms with E-state index in [4.69, 9.17) is 11.6 Å². The Morgan fingerprint density at radius 3 is 2.76 bits per heavy atom. The smallest absolute Gasteiger partial charge is 0.270 e. The fraction of sp³-hybridized carbons (Fsp3) is 0.0769. The van der Waals surface area contributed by atoms with Gasteiger partial charge in [-0.3, -0.25) is 14.9 Å². The monoisotopic (exact) mass is 417 g/mol. The Bertz CT molecular complexity index is 737. The highest BCUT2D eigenvalue weighted by Crippen LogP contribution is 2.22. The topological polar surface area (TPSA) is 85.1 Å². The van der Waals surface area contributed by atoms with Gasteiger partial charge in [-0.15, -0.1) is 0 Å². The van der Waals surface area contributed by atoms with E-state index in [9.17, 15) is 14.9 Å². The standard InChI is InChI=1S/C13H9ClIN3O3/c1-7-4-8(6-16-12(7)14)17-13(19)10-5-9(18(20)21)2-3-11(10)15/h2-6H,1H3,(H,17,19). The van der Waals surface area contributed by atoms with E-state index >= 15 is 0 Å². The van der Waals surface area contributed by atoms with Crippen LogP contribution in [0, 0.1) is 20.6 Å². The number of nitro benzene ring substituents is 1. The van der Waals surface area contributed by atoms with Gasteiger partial charge in [-0.2, -0.15) is 0 Å². The number of benzene rings is 1. The number of amides is 1. The lowest BCUT2D eigenvalue weighted by atomic mass is 10.2. The molecule has 0 saturated carbocycles. The number of aryl methyl sites for hydroxylation is 1. The summed E-state index contributed by atoms with van der Waals surface area (Å²) in [6.45, 7) is 1.77. The minimum Gasteiger partial charge on any atom is -0.321 e. The van der Waals surface area contributed by atoms with E-state index in [0.717, 1.165) is 5.56 Å². The molecule has 8 heteroatoms. The van der Waals surface area contributed by atoms with Crippen molar-refractivity contribution in [3.05, 3.63) is 60.4 Å². The summed E-state index contributed by atoms with van der Waals surface area (Å²) in [5, 5.41) is 13.8. The Labute approximate surface area is 138 Å². The Kier molecular flexibility index (Phi) is 4.73. The molecule has 0 fully saturated rings. The van der Waals surface area contributed by atoms with Crippen molar-refractivity contribution in [1.29, 1.82) is 0 Å². The van der Waals surface area contributed by atoms with Crippen molar-refractivity contribution in [2.75, 3.05) is 5.32 Å². The van der Waals surface area contributed by atoms with Crippen molar-refractivity contribution >= 4 is 51.5 Å². The quantitative estimate of drug-likeness (QED) is 0.356. The SMILES string of the molecule is Cc1cc(NC(=O)c2cc([N+](=O)[O-])ccc2I)cnc1Cl. The van der Waals surface area contributed by atoms with Crippen LogP contribution in [0.5, 0.6) is 0 Å². The van der Waals surface area contributed by atoms with Gasteiger partial charge in [0.2, 0.25) is 0 Å². The normalized spacial score (nSPS) is 10.2. The minimum absolute atomic E-state index is 0.133.